The van der Waals surface area contributed by atoms with Crippen LogP contribution in [0.25, 0.3) is 0 Å². The van der Waals surface area contributed by atoms with Gasteiger partial charge in [0.05, 0.1) is 7.11 Å². The van der Waals surface area contributed by atoms with E-state index in [0.717, 1.165) is 29.7 Å². The lowest BCUT2D eigenvalue weighted by Crippen LogP contribution is -2.50. The second kappa shape index (κ2) is 8.41. The zero-order valence-electron chi connectivity index (χ0n) is 17.2. The van der Waals surface area contributed by atoms with Crippen LogP contribution in [0.3, 0.4) is 0 Å². The van der Waals surface area contributed by atoms with Crippen LogP contribution in [0.1, 0.15) is 43.7 Å². The summed E-state index contributed by atoms with van der Waals surface area (Å²) in [5.41, 5.74) is 0.254. The third-order valence-electron chi connectivity index (χ3n) is 5.95. The van der Waals surface area contributed by atoms with Crippen LogP contribution in [0.15, 0.2) is 18.2 Å². The number of carbonyl (C=O) groups is 3. The van der Waals surface area contributed by atoms with Crippen molar-refractivity contribution in [1.29, 1.82) is 0 Å². The maximum absolute atomic E-state index is 13.1. The van der Waals surface area contributed by atoms with Gasteiger partial charge in [-0.3, -0.25) is 14.5 Å². The number of nitrogens with zero attached hydrogens (tertiary/aromatic N) is 2. The molecule has 3 rings (SSSR count). The summed E-state index contributed by atoms with van der Waals surface area (Å²) >= 11 is 0. The van der Waals surface area contributed by atoms with Gasteiger partial charge in [-0.2, -0.15) is 0 Å². The summed E-state index contributed by atoms with van der Waals surface area (Å²) in [7, 11) is 1.57. The van der Waals surface area contributed by atoms with Crippen molar-refractivity contribution in [3.63, 3.8) is 0 Å². The molecule has 4 amide bonds. The smallest absolute Gasteiger partial charge is 0.325 e. The number of aliphatic hydroxyl groups is 1. The third-order valence-corrected chi connectivity index (χ3v) is 5.95. The minimum atomic E-state index is -1.24. The summed E-state index contributed by atoms with van der Waals surface area (Å²) in [6.45, 7) is 3.81. The zero-order valence-corrected chi connectivity index (χ0v) is 17.2. The standard InChI is InChI=1S/C21H29N3O5/c1-14-12-15(7-8-17(14)29-3)21(2)19(27)24(20(28)22-21)13-18(26)23-10-5-4-6-16(23)9-11-25/h7-8,12,16,25H,4-6,9-11,13H2,1-3H3,(H,22,28). The maximum Gasteiger partial charge on any atom is 0.325 e. The summed E-state index contributed by atoms with van der Waals surface area (Å²) < 4.78 is 5.26. The number of imide groups is 1. The molecular weight excluding hydrogens is 374 g/mol. The van der Waals surface area contributed by atoms with Gasteiger partial charge in [0.15, 0.2) is 0 Å². The van der Waals surface area contributed by atoms with E-state index in [1.807, 2.05) is 13.0 Å². The number of aliphatic hydroxyl groups excluding tert-OH is 1. The lowest BCUT2D eigenvalue weighted by Gasteiger charge is -2.36. The molecule has 2 aliphatic heterocycles. The minimum absolute atomic E-state index is 0.00642. The highest BCUT2D eigenvalue weighted by Gasteiger charge is 2.50. The van der Waals surface area contributed by atoms with Crippen molar-refractivity contribution < 1.29 is 24.2 Å². The zero-order chi connectivity index (χ0) is 21.2. The van der Waals surface area contributed by atoms with E-state index in [4.69, 9.17) is 4.74 Å². The number of benzene rings is 1. The molecule has 1 aromatic carbocycles. The van der Waals surface area contributed by atoms with Gasteiger partial charge in [-0.05, 0) is 62.8 Å². The highest BCUT2D eigenvalue weighted by atomic mass is 16.5. The van der Waals surface area contributed by atoms with E-state index < -0.39 is 17.5 Å². The molecule has 1 aromatic rings. The molecule has 8 heteroatoms. The molecule has 2 atom stereocenters. The van der Waals surface area contributed by atoms with E-state index >= 15 is 0 Å². The largest absolute Gasteiger partial charge is 0.496 e. The fourth-order valence-corrected chi connectivity index (χ4v) is 4.23. The summed E-state index contributed by atoms with van der Waals surface area (Å²) in [6, 6.07) is 4.70. The summed E-state index contributed by atoms with van der Waals surface area (Å²) in [4.78, 5) is 41.3. The molecular formula is C21H29N3O5. The molecule has 0 aromatic heterocycles. The van der Waals surface area contributed by atoms with Crippen molar-refractivity contribution in [2.45, 2.75) is 51.1 Å². The number of nitrogens with one attached hydrogen (secondary N) is 1. The number of hydrogen-bond donors (Lipinski definition) is 2. The van der Waals surface area contributed by atoms with Gasteiger partial charge < -0.3 is 20.1 Å². The average molecular weight is 403 g/mol. The van der Waals surface area contributed by atoms with Crippen molar-refractivity contribution >= 4 is 17.8 Å². The average Bonchev–Trinajstić information content (AvgIpc) is 2.92. The van der Waals surface area contributed by atoms with Crippen LogP contribution in [0.4, 0.5) is 4.79 Å². The number of likely N-dealkylation sites (tertiary alicyclic amines) is 1. The van der Waals surface area contributed by atoms with E-state index in [9.17, 15) is 19.5 Å². The van der Waals surface area contributed by atoms with Crippen molar-refractivity contribution in [3.8, 4) is 5.75 Å². The van der Waals surface area contributed by atoms with Crippen LogP contribution in [0, 0.1) is 6.92 Å². The fourth-order valence-electron chi connectivity index (χ4n) is 4.23. The third kappa shape index (κ3) is 3.94. The topological polar surface area (TPSA) is 99.2 Å². The van der Waals surface area contributed by atoms with E-state index in [0.29, 0.717) is 24.3 Å². The first-order chi connectivity index (χ1) is 13.8. The predicted octanol–water partition coefficient (Wildman–Crippen LogP) is 1.53. The number of hydrogen-bond acceptors (Lipinski definition) is 5. The molecule has 2 aliphatic rings. The lowest BCUT2D eigenvalue weighted by molar-refractivity contribution is -0.141. The van der Waals surface area contributed by atoms with Crippen LogP contribution in [-0.2, 0) is 15.1 Å². The Hall–Kier alpha value is -2.61. The molecule has 8 nitrogen and oxygen atoms in total. The number of amides is 4. The lowest BCUT2D eigenvalue weighted by atomic mass is 9.90. The number of ether oxygens (including phenoxy) is 1. The summed E-state index contributed by atoms with van der Waals surface area (Å²) in [5, 5.41) is 12.0. The Morgan fingerprint density at radius 3 is 2.76 bits per heavy atom. The van der Waals surface area contributed by atoms with Gasteiger partial charge in [0.25, 0.3) is 5.91 Å². The second-order valence-corrected chi connectivity index (χ2v) is 7.88. The van der Waals surface area contributed by atoms with E-state index in [-0.39, 0.29) is 25.1 Å². The highest BCUT2D eigenvalue weighted by Crippen LogP contribution is 2.32. The Morgan fingerprint density at radius 1 is 1.34 bits per heavy atom. The number of carbonyl (C=O) groups excluding carboxylic acids is 3. The molecule has 0 spiro atoms. The fraction of sp³-hybridized carbons (Fsp3) is 0.571. The second-order valence-electron chi connectivity index (χ2n) is 7.88. The van der Waals surface area contributed by atoms with Gasteiger partial charge in [0.1, 0.15) is 17.8 Å². The molecule has 29 heavy (non-hydrogen) atoms. The van der Waals surface area contributed by atoms with Gasteiger partial charge in [-0.1, -0.05) is 6.07 Å². The van der Waals surface area contributed by atoms with E-state index in [2.05, 4.69) is 5.32 Å². The molecule has 0 radical (unpaired) electrons. The quantitative estimate of drug-likeness (QED) is 0.702. The number of rotatable bonds is 6. The number of aryl methyl sites for hydroxylation is 1. The summed E-state index contributed by atoms with van der Waals surface area (Å²) in [5.74, 6) is -0.0147. The first-order valence-electron chi connectivity index (χ1n) is 10.0. The van der Waals surface area contributed by atoms with Crippen molar-refractivity contribution in [2.75, 3.05) is 26.8 Å². The molecule has 158 valence electrons. The normalized spacial score (nSPS) is 24.6. The SMILES string of the molecule is COc1ccc(C2(C)NC(=O)N(CC(=O)N3CCCCC3CCO)C2=O)cc1C. The Balaban J connectivity index is 1.78. The molecule has 0 aliphatic carbocycles. The molecule has 2 fully saturated rings. The van der Waals surface area contributed by atoms with Gasteiger partial charge in [0, 0.05) is 19.2 Å². The van der Waals surface area contributed by atoms with Gasteiger partial charge in [0.2, 0.25) is 5.91 Å². The van der Waals surface area contributed by atoms with Gasteiger partial charge >= 0.3 is 6.03 Å². The van der Waals surface area contributed by atoms with Crippen LogP contribution in [0.2, 0.25) is 0 Å². The van der Waals surface area contributed by atoms with Gasteiger partial charge in [-0.25, -0.2) is 4.79 Å². The number of urea groups is 1. The minimum Gasteiger partial charge on any atom is -0.496 e. The van der Waals surface area contributed by atoms with Crippen LogP contribution >= 0.6 is 0 Å². The highest BCUT2D eigenvalue weighted by molar-refractivity contribution is 6.09. The molecule has 0 bridgehead atoms. The summed E-state index contributed by atoms with van der Waals surface area (Å²) in [6.07, 6.45) is 3.23. The first-order valence-corrected chi connectivity index (χ1v) is 10.0. The van der Waals surface area contributed by atoms with E-state index in [1.165, 1.54) is 0 Å². The van der Waals surface area contributed by atoms with Crippen LogP contribution in [0.5, 0.6) is 5.75 Å². The Kier molecular flexibility index (Phi) is 6.12. The Bertz CT molecular complexity index is 810. The van der Waals surface area contributed by atoms with Crippen molar-refractivity contribution in [1.82, 2.24) is 15.1 Å². The van der Waals surface area contributed by atoms with Crippen LogP contribution < -0.4 is 10.1 Å². The monoisotopic (exact) mass is 403 g/mol. The molecule has 2 heterocycles. The van der Waals surface area contributed by atoms with E-state index in [1.54, 1.807) is 31.1 Å². The number of methoxy groups -OCH3 is 1. The molecule has 2 N–H and O–H groups in total. The van der Waals surface area contributed by atoms with Crippen LogP contribution in [-0.4, -0.2) is 65.6 Å². The van der Waals surface area contributed by atoms with Crippen molar-refractivity contribution in [2.24, 2.45) is 0 Å². The first kappa shape index (κ1) is 21.1. The number of piperidine rings is 1. The van der Waals surface area contributed by atoms with Gasteiger partial charge in [-0.15, -0.1) is 0 Å². The molecule has 2 saturated heterocycles. The van der Waals surface area contributed by atoms with Crippen molar-refractivity contribution in [3.05, 3.63) is 29.3 Å². The Morgan fingerprint density at radius 2 is 2.10 bits per heavy atom. The maximum atomic E-state index is 13.1. The molecule has 2 unspecified atom stereocenters. The molecule has 0 saturated carbocycles. The predicted molar refractivity (Wildman–Crippen MR) is 106 cm³/mol. The Labute approximate surface area is 170 Å².